The zero-order chi connectivity index (χ0) is 15.4. The quantitative estimate of drug-likeness (QED) is 0.721. The lowest BCUT2D eigenvalue weighted by molar-refractivity contribution is 0.552. The number of nitrogens with one attached hydrogen (secondary N) is 1. The van der Waals surface area contributed by atoms with Crippen LogP contribution in [0.15, 0.2) is 22.7 Å². The number of nitrogens with zero attached hydrogens (tertiary/aromatic N) is 1. The zero-order valence-electron chi connectivity index (χ0n) is 13.8. The summed E-state index contributed by atoms with van der Waals surface area (Å²) in [5, 5.41) is 3.51. The first kappa shape index (κ1) is 16.8. The van der Waals surface area contributed by atoms with Crippen LogP contribution in [-0.2, 0) is 6.54 Å². The molecule has 0 saturated heterocycles. The molecule has 0 spiro atoms. The Morgan fingerprint density at radius 3 is 2.43 bits per heavy atom. The third-order valence-electron chi connectivity index (χ3n) is 3.75. The summed E-state index contributed by atoms with van der Waals surface area (Å²) in [5.41, 5.74) is 2.71. The lowest BCUT2D eigenvalue weighted by atomic mass is 10.1. The number of benzene rings is 1. The van der Waals surface area contributed by atoms with E-state index in [1.54, 1.807) is 0 Å². The minimum atomic E-state index is 0.698. The third-order valence-corrected chi connectivity index (χ3v) is 4.39. The average Bonchev–Trinajstić information content (AvgIpc) is 3.20. The Morgan fingerprint density at radius 2 is 1.90 bits per heavy atom. The highest BCUT2D eigenvalue weighted by Crippen LogP contribution is 2.36. The van der Waals surface area contributed by atoms with E-state index in [-0.39, 0.29) is 0 Å². The fraction of sp³-hybridized carbons (Fsp3) is 0.667. The van der Waals surface area contributed by atoms with Gasteiger partial charge in [-0.15, -0.1) is 0 Å². The summed E-state index contributed by atoms with van der Waals surface area (Å²) >= 11 is 3.79. The molecule has 0 bridgehead atoms. The van der Waals surface area contributed by atoms with Crippen molar-refractivity contribution in [3.8, 4) is 0 Å². The molecule has 118 valence electrons. The molecule has 1 aliphatic carbocycles. The average molecular weight is 353 g/mol. The van der Waals surface area contributed by atoms with Gasteiger partial charge in [0.05, 0.1) is 5.69 Å². The Hall–Kier alpha value is -0.540. The largest absolute Gasteiger partial charge is 0.367 e. The first-order chi connectivity index (χ1) is 9.97. The van der Waals surface area contributed by atoms with Crippen molar-refractivity contribution in [3.05, 3.63) is 28.2 Å². The summed E-state index contributed by atoms with van der Waals surface area (Å²) in [4.78, 5) is 2.58. The summed E-state index contributed by atoms with van der Waals surface area (Å²) in [6, 6.07) is 7.59. The van der Waals surface area contributed by atoms with Gasteiger partial charge in [0.2, 0.25) is 0 Å². The van der Waals surface area contributed by atoms with E-state index in [0.717, 1.165) is 25.7 Å². The number of rotatable bonds is 8. The minimum Gasteiger partial charge on any atom is -0.367 e. The van der Waals surface area contributed by atoms with Crippen LogP contribution in [0.2, 0.25) is 0 Å². The molecule has 0 radical (unpaired) electrons. The molecule has 2 nitrogen and oxygen atoms in total. The molecule has 21 heavy (non-hydrogen) atoms. The highest BCUT2D eigenvalue weighted by Gasteiger charge is 2.30. The fourth-order valence-corrected chi connectivity index (χ4v) is 3.28. The van der Waals surface area contributed by atoms with Crippen LogP contribution in [0.4, 0.5) is 5.69 Å². The van der Waals surface area contributed by atoms with Crippen LogP contribution in [-0.4, -0.2) is 19.1 Å². The van der Waals surface area contributed by atoms with Crippen molar-refractivity contribution < 1.29 is 0 Å². The predicted octanol–water partition coefficient (Wildman–Crippen LogP) is 4.82. The lowest BCUT2D eigenvalue weighted by Crippen LogP contribution is -2.30. The number of hydrogen-bond acceptors (Lipinski definition) is 2. The highest BCUT2D eigenvalue weighted by molar-refractivity contribution is 9.10. The second-order valence-corrected chi connectivity index (χ2v) is 7.94. The topological polar surface area (TPSA) is 15.3 Å². The van der Waals surface area contributed by atoms with Gasteiger partial charge in [-0.05, 0) is 64.8 Å². The molecule has 1 saturated carbocycles. The van der Waals surface area contributed by atoms with Gasteiger partial charge in [-0.1, -0.05) is 33.8 Å². The molecular weight excluding hydrogens is 324 g/mol. The number of halogens is 1. The molecule has 1 fully saturated rings. The van der Waals surface area contributed by atoms with E-state index in [9.17, 15) is 0 Å². The second kappa shape index (κ2) is 7.64. The maximum Gasteiger partial charge on any atom is 0.0513 e. The third kappa shape index (κ3) is 5.30. The van der Waals surface area contributed by atoms with E-state index in [1.165, 1.54) is 28.6 Å². The zero-order valence-corrected chi connectivity index (χ0v) is 15.4. The second-order valence-electron chi connectivity index (χ2n) is 7.09. The molecule has 3 heteroatoms. The maximum atomic E-state index is 3.79. The molecule has 0 aromatic heterocycles. The van der Waals surface area contributed by atoms with Crippen molar-refractivity contribution in [2.24, 2.45) is 11.8 Å². The van der Waals surface area contributed by atoms with Gasteiger partial charge in [-0.25, -0.2) is 0 Å². The Kier molecular flexibility index (Phi) is 6.12. The van der Waals surface area contributed by atoms with Crippen LogP contribution in [0.5, 0.6) is 0 Å². The molecule has 0 heterocycles. The molecule has 1 N–H and O–H groups in total. The van der Waals surface area contributed by atoms with Crippen molar-refractivity contribution in [1.82, 2.24) is 5.32 Å². The van der Waals surface area contributed by atoms with E-state index in [1.807, 2.05) is 0 Å². The fourth-order valence-electron chi connectivity index (χ4n) is 2.62. The van der Waals surface area contributed by atoms with Gasteiger partial charge in [0, 0.05) is 23.6 Å². The predicted molar refractivity (Wildman–Crippen MR) is 95.9 cm³/mol. The van der Waals surface area contributed by atoms with Gasteiger partial charge >= 0.3 is 0 Å². The molecule has 0 unspecified atom stereocenters. The van der Waals surface area contributed by atoms with Crippen LogP contribution in [0.1, 0.15) is 46.1 Å². The van der Waals surface area contributed by atoms with Crippen LogP contribution < -0.4 is 10.2 Å². The highest BCUT2D eigenvalue weighted by atomic mass is 79.9. The van der Waals surface area contributed by atoms with E-state index in [4.69, 9.17) is 0 Å². The molecule has 1 aromatic rings. The summed E-state index contributed by atoms with van der Waals surface area (Å²) in [7, 11) is 0. The van der Waals surface area contributed by atoms with Gasteiger partial charge in [0.1, 0.15) is 0 Å². The summed E-state index contributed by atoms with van der Waals surface area (Å²) in [6.45, 7) is 12.2. The smallest absolute Gasteiger partial charge is 0.0513 e. The van der Waals surface area contributed by atoms with Crippen molar-refractivity contribution >= 4 is 21.6 Å². The van der Waals surface area contributed by atoms with E-state index in [2.05, 4.69) is 72.0 Å². The normalized spacial score (nSPS) is 15.0. The first-order valence-corrected chi connectivity index (χ1v) is 9.02. The molecule has 1 aromatic carbocycles. The van der Waals surface area contributed by atoms with E-state index in [0.29, 0.717) is 11.8 Å². The van der Waals surface area contributed by atoms with Crippen molar-refractivity contribution in [2.45, 2.75) is 53.1 Å². The van der Waals surface area contributed by atoms with Crippen LogP contribution in [0, 0.1) is 11.8 Å². The van der Waals surface area contributed by atoms with Crippen LogP contribution >= 0.6 is 15.9 Å². The van der Waals surface area contributed by atoms with Crippen LogP contribution in [0.3, 0.4) is 0 Å². The number of hydrogen-bond donors (Lipinski definition) is 1. The Labute approximate surface area is 138 Å². The van der Waals surface area contributed by atoms with E-state index >= 15 is 0 Å². The van der Waals surface area contributed by atoms with E-state index < -0.39 is 0 Å². The Morgan fingerprint density at radius 1 is 1.19 bits per heavy atom. The molecule has 0 aliphatic heterocycles. The van der Waals surface area contributed by atoms with Gasteiger partial charge in [0.25, 0.3) is 0 Å². The van der Waals surface area contributed by atoms with Crippen molar-refractivity contribution in [1.29, 1.82) is 0 Å². The van der Waals surface area contributed by atoms with Gasteiger partial charge in [-0.2, -0.15) is 0 Å². The SMILES string of the molecule is CC(C)CNCc1ccc(N(CC(C)C)C2CC2)c(Br)c1. The van der Waals surface area contributed by atoms with Crippen LogP contribution in [0.25, 0.3) is 0 Å². The number of anilines is 1. The summed E-state index contributed by atoms with van der Waals surface area (Å²) in [5.74, 6) is 1.40. The van der Waals surface area contributed by atoms with Crippen molar-refractivity contribution in [2.75, 3.05) is 18.0 Å². The van der Waals surface area contributed by atoms with Crippen molar-refractivity contribution in [3.63, 3.8) is 0 Å². The van der Waals surface area contributed by atoms with Gasteiger partial charge in [-0.3, -0.25) is 0 Å². The molecular formula is C18H29BrN2. The monoisotopic (exact) mass is 352 g/mol. The Bertz CT molecular complexity index is 453. The maximum absolute atomic E-state index is 3.79. The standard InChI is InChI=1S/C18H29BrN2/c1-13(2)10-20-11-15-5-8-18(17(19)9-15)21(12-14(3)4)16-6-7-16/h5,8-9,13-14,16,20H,6-7,10-12H2,1-4H3. The van der Waals surface area contributed by atoms with Gasteiger partial charge < -0.3 is 10.2 Å². The molecule has 2 rings (SSSR count). The first-order valence-electron chi connectivity index (χ1n) is 8.23. The lowest BCUT2D eigenvalue weighted by Gasteiger charge is -2.28. The molecule has 1 aliphatic rings. The summed E-state index contributed by atoms with van der Waals surface area (Å²) in [6.07, 6.45) is 2.69. The van der Waals surface area contributed by atoms with Gasteiger partial charge in [0.15, 0.2) is 0 Å². The molecule has 0 atom stereocenters. The molecule has 0 amide bonds. The Balaban J connectivity index is 2.03. The summed E-state index contributed by atoms with van der Waals surface area (Å²) < 4.78 is 1.24. The minimum absolute atomic E-state index is 0.698.